The second kappa shape index (κ2) is 7.87. The van der Waals surface area contributed by atoms with E-state index < -0.39 is 17.8 Å². The van der Waals surface area contributed by atoms with Gasteiger partial charge in [0.25, 0.3) is 0 Å². The third kappa shape index (κ3) is 4.74. The van der Waals surface area contributed by atoms with Gasteiger partial charge in [0.15, 0.2) is 0 Å². The zero-order valence-electron chi connectivity index (χ0n) is 13.7. The molecule has 2 aromatic rings. The van der Waals surface area contributed by atoms with Crippen LogP contribution in [-0.4, -0.2) is 29.1 Å². The lowest BCUT2D eigenvalue weighted by Crippen LogP contribution is -2.32. The molecule has 2 rings (SSSR count). The molecule has 0 bridgehead atoms. The summed E-state index contributed by atoms with van der Waals surface area (Å²) in [5.74, 6) is -2.94. The normalized spacial score (nSPS) is 10.5. The molecular weight excluding hydrogens is 322 g/mol. The molecule has 0 aromatic heterocycles. The molecule has 0 saturated carbocycles. The molecule has 7 nitrogen and oxygen atoms in total. The summed E-state index contributed by atoms with van der Waals surface area (Å²) in [5, 5.41) is 15.2. The molecule has 3 N–H and O–H groups in total. The van der Waals surface area contributed by atoms with E-state index in [0.717, 1.165) is 11.1 Å². The van der Waals surface area contributed by atoms with E-state index in [-0.39, 0.29) is 5.56 Å². The van der Waals surface area contributed by atoms with Gasteiger partial charge in [0.1, 0.15) is 0 Å². The van der Waals surface area contributed by atoms with Crippen molar-refractivity contribution in [1.29, 1.82) is 0 Å². The predicted molar refractivity (Wildman–Crippen MR) is 93.7 cm³/mol. The highest BCUT2D eigenvalue weighted by molar-refractivity contribution is 6.39. The summed E-state index contributed by atoms with van der Waals surface area (Å²) in [6.45, 7) is 3.84. The van der Waals surface area contributed by atoms with Crippen molar-refractivity contribution in [2.24, 2.45) is 5.10 Å². The summed E-state index contributed by atoms with van der Waals surface area (Å²) in [6.07, 6.45) is 1.17. The third-order valence-corrected chi connectivity index (χ3v) is 3.53. The number of nitrogens with one attached hydrogen (secondary N) is 2. The first-order valence-electron chi connectivity index (χ1n) is 7.42. The van der Waals surface area contributed by atoms with E-state index in [1.54, 1.807) is 24.3 Å². The van der Waals surface area contributed by atoms with Crippen LogP contribution in [0.4, 0.5) is 5.69 Å². The number of aryl methyl sites for hydroxylation is 2. The fraction of sp³-hybridized carbons (Fsp3) is 0.111. The highest BCUT2D eigenvalue weighted by Crippen LogP contribution is 2.13. The molecule has 25 heavy (non-hydrogen) atoms. The molecule has 0 aliphatic rings. The van der Waals surface area contributed by atoms with E-state index in [4.69, 9.17) is 5.11 Å². The lowest BCUT2D eigenvalue weighted by atomic mass is 10.1. The average Bonchev–Trinajstić information content (AvgIpc) is 2.58. The molecule has 0 atom stereocenters. The minimum absolute atomic E-state index is 0.0417. The smallest absolute Gasteiger partial charge is 0.336 e. The quantitative estimate of drug-likeness (QED) is 0.450. The van der Waals surface area contributed by atoms with Gasteiger partial charge < -0.3 is 10.4 Å². The second-order valence-corrected chi connectivity index (χ2v) is 5.34. The molecule has 128 valence electrons. The topological polar surface area (TPSA) is 108 Å². The van der Waals surface area contributed by atoms with E-state index in [9.17, 15) is 14.4 Å². The van der Waals surface area contributed by atoms with Crippen LogP contribution in [0.1, 0.15) is 27.0 Å². The molecule has 0 unspecified atom stereocenters. The Morgan fingerprint density at radius 1 is 1.00 bits per heavy atom. The maximum atomic E-state index is 11.8. The van der Waals surface area contributed by atoms with Crippen LogP contribution in [0.3, 0.4) is 0 Å². The molecule has 2 amide bonds. The first-order valence-corrected chi connectivity index (χ1v) is 7.42. The zero-order chi connectivity index (χ0) is 18.4. The van der Waals surface area contributed by atoms with Crippen molar-refractivity contribution in [3.05, 3.63) is 64.7 Å². The maximum absolute atomic E-state index is 11.8. The fourth-order valence-electron chi connectivity index (χ4n) is 2.02. The second-order valence-electron chi connectivity index (χ2n) is 5.34. The van der Waals surface area contributed by atoms with Gasteiger partial charge in [-0.2, -0.15) is 5.10 Å². The van der Waals surface area contributed by atoms with Gasteiger partial charge in [-0.25, -0.2) is 10.2 Å². The Kier molecular flexibility index (Phi) is 5.62. The van der Waals surface area contributed by atoms with Gasteiger partial charge in [0.2, 0.25) is 0 Å². The van der Waals surface area contributed by atoms with Crippen molar-refractivity contribution >= 4 is 29.7 Å². The van der Waals surface area contributed by atoms with E-state index >= 15 is 0 Å². The van der Waals surface area contributed by atoms with Gasteiger partial charge in [0, 0.05) is 11.3 Å². The number of benzene rings is 2. The number of carbonyl (C=O) groups is 3. The third-order valence-electron chi connectivity index (χ3n) is 3.53. The van der Waals surface area contributed by atoms with Crippen LogP contribution in [0.25, 0.3) is 0 Å². The summed E-state index contributed by atoms with van der Waals surface area (Å²) in [6, 6.07) is 11.5. The van der Waals surface area contributed by atoms with Gasteiger partial charge >= 0.3 is 17.8 Å². The number of rotatable bonds is 4. The highest BCUT2D eigenvalue weighted by Gasteiger charge is 2.13. The van der Waals surface area contributed by atoms with E-state index in [0.29, 0.717) is 11.3 Å². The number of carbonyl (C=O) groups excluding carboxylic acids is 2. The highest BCUT2D eigenvalue weighted by atomic mass is 16.4. The fourth-order valence-corrected chi connectivity index (χ4v) is 2.02. The lowest BCUT2D eigenvalue weighted by molar-refractivity contribution is -0.136. The van der Waals surface area contributed by atoms with Crippen molar-refractivity contribution in [3.8, 4) is 0 Å². The Morgan fingerprint density at radius 2 is 1.72 bits per heavy atom. The Bertz CT molecular complexity index is 859. The number of hydrazone groups is 1. The SMILES string of the molecule is Cc1ccc(NC(=O)C(=O)N/N=C\c2ccccc2C(=O)O)cc1C. The molecule has 0 radical (unpaired) electrons. The van der Waals surface area contributed by atoms with Crippen LogP contribution in [0.2, 0.25) is 0 Å². The Morgan fingerprint density at radius 3 is 2.40 bits per heavy atom. The van der Waals surface area contributed by atoms with E-state index in [1.807, 2.05) is 19.9 Å². The molecule has 2 aromatic carbocycles. The molecular formula is C18H17N3O4. The molecule has 0 aliphatic heterocycles. The van der Waals surface area contributed by atoms with Gasteiger partial charge in [-0.3, -0.25) is 9.59 Å². The van der Waals surface area contributed by atoms with E-state index in [1.165, 1.54) is 18.3 Å². The maximum Gasteiger partial charge on any atom is 0.336 e. The lowest BCUT2D eigenvalue weighted by Gasteiger charge is -2.06. The van der Waals surface area contributed by atoms with Crippen molar-refractivity contribution in [2.45, 2.75) is 13.8 Å². The summed E-state index contributed by atoms with van der Waals surface area (Å²) in [4.78, 5) is 34.7. The standard InChI is InChI=1S/C18H17N3O4/c1-11-7-8-14(9-12(11)2)20-16(22)17(23)21-19-10-13-5-3-4-6-15(13)18(24)25/h3-10H,1-2H3,(H,20,22)(H,21,23)(H,24,25)/b19-10-. The predicted octanol–water partition coefficient (Wildman–Crippen LogP) is 2.09. The Hall–Kier alpha value is -3.48. The van der Waals surface area contributed by atoms with Gasteiger partial charge in [0.05, 0.1) is 11.8 Å². The summed E-state index contributed by atoms with van der Waals surface area (Å²) in [5.41, 5.74) is 4.98. The summed E-state index contributed by atoms with van der Waals surface area (Å²) >= 11 is 0. The largest absolute Gasteiger partial charge is 0.478 e. The summed E-state index contributed by atoms with van der Waals surface area (Å²) in [7, 11) is 0. The van der Waals surface area contributed by atoms with Crippen LogP contribution < -0.4 is 10.7 Å². The van der Waals surface area contributed by atoms with Crippen LogP contribution in [0, 0.1) is 13.8 Å². The van der Waals surface area contributed by atoms with Gasteiger partial charge in [-0.05, 0) is 43.2 Å². The number of hydrogen-bond donors (Lipinski definition) is 3. The van der Waals surface area contributed by atoms with Crippen molar-refractivity contribution in [1.82, 2.24) is 5.43 Å². The van der Waals surface area contributed by atoms with Crippen LogP contribution in [-0.2, 0) is 9.59 Å². The Balaban J connectivity index is 1.99. The van der Waals surface area contributed by atoms with E-state index in [2.05, 4.69) is 15.8 Å². The van der Waals surface area contributed by atoms with Crippen molar-refractivity contribution in [2.75, 3.05) is 5.32 Å². The number of anilines is 1. The minimum Gasteiger partial charge on any atom is -0.478 e. The van der Waals surface area contributed by atoms with Crippen LogP contribution in [0.5, 0.6) is 0 Å². The number of nitrogens with zero attached hydrogens (tertiary/aromatic N) is 1. The number of hydrogen-bond acceptors (Lipinski definition) is 4. The average molecular weight is 339 g/mol. The molecule has 0 aliphatic carbocycles. The molecule has 0 fully saturated rings. The van der Waals surface area contributed by atoms with Crippen molar-refractivity contribution in [3.63, 3.8) is 0 Å². The first-order chi connectivity index (χ1) is 11.9. The van der Waals surface area contributed by atoms with Crippen LogP contribution in [0.15, 0.2) is 47.6 Å². The minimum atomic E-state index is -1.11. The summed E-state index contributed by atoms with van der Waals surface area (Å²) < 4.78 is 0. The molecule has 0 saturated heterocycles. The number of aromatic carboxylic acids is 1. The van der Waals surface area contributed by atoms with Gasteiger partial charge in [-0.1, -0.05) is 24.3 Å². The molecule has 7 heteroatoms. The van der Waals surface area contributed by atoms with Crippen molar-refractivity contribution < 1.29 is 19.5 Å². The number of carboxylic acids is 1. The molecule has 0 heterocycles. The van der Waals surface area contributed by atoms with Gasteiger partial charge in [-0.15, -0.1) is 0 Å². The number of amides is 2. The molecule has 0 spiro atoms. The van der Waals surface area contributed by atoms with Crippen LogP contribution >= 0.6 is 0 Å². The monoisotopic (exact) mass is 339 g/mol. The Labute approximate surface area is 144 Å². The number of carboxylic acid groups (broad SMARTS) is 1. The first kappa shape index (κ1) is 17.9. The zero-order valence-corrected chi connectivity index (χ0v) is 13.7.